The number of esters is 1. The summed E-state index contributed by atoms with van der Waals surface area (Å²) in [5.74, 6) is -0.111. The molecule has 6 heteroatoms. The molecule has 6 nitrogen and oxygen atoms in total. The van der Waals surface area contributed by atoms with Crippen LogP contribution in [0.3, 0.4) is 0 Å². The van der Waals surface area contributed by atoms with Crippen molar-refractivity contribution in [1.82, 2.24) is 5.32 Å². The van der Waals surface area contributed by atoms with Crippen molar-refractivity contribution in [1.29, 1.82) is 0 Å². The van der Waals surface area contributed by atoms with Crippen molar-refractivity contribution >= 4 is 11.9 Å². The quantitative estimate of drug-likeness (QED) is 0.0323. The van der Waals surface area contributed by atoms with Gasteiger partial charge in [0.1, 0.15) is 0 Å². The number of amides is 1. The zero-order chi connectivity index (χ0) is 43.0. The lowest BCUT2D eigenvalue weighted by molar-refractivity contribution is -0.143. The lowest BCUT2D eigenvalue weighted by Crippen LogP contribution is -2.45. The van der Waals surface area contributed by atoms with Crippen LogP contribution in [0.25, 0.3) is 0 Å². The first-order valence-electron chi connectivity index (χ1n) is 25.7. The molecule has 0 spiro atoms. The molecular formula is C53H99NO5. The fourth-order valence-electron chi connectivity index (χ4n) is 7.67. The van der Waals surface area contributed by atoms with Crippen LogP contribution in [0.4, 0.5) is 0 Å². The molecule has 0 radical (unpaired) electrons. The SMILES string of the molecule is CCC/C=C\C/C=C\CCCCCCCC(=O)OCCCC/C=C\CCCCCCCC(=O)NC(CO)C(O)CCCCCCCCCCCCCCCCCCCC. The number of unbranched alkanes of at least 4 members (excludes halogenated alkanes) is 30. The molecule has 0 bridgehead atoms. The molecule has 0 saturated heterocycles. The van der Waals surface area contributed by atoms with E-state index in [4.69, 9.17) is 4.74 Å². The fourth-order valence-corrected chi connectivity index (χ4v) is 7.67. The van der Waals surface area contributed by atoms with E-state index in [9.17, 15) is 19.8 Å². The van der Waals surface area contributed by atoms with E-state index in [1.165, 1.54) is 135 Å². The predicted molar refractivity (Wildman–Crippen MR) is 255 cm³/mol. The normalized spacial score (nSPS) is 12.9. The van der Waals surface area contributed by atoms with Gasteiger partial charge in [0.25, 0.3) is 0 Å². The Kier molecular flexibility index (Phi) is 47.2. The van der Waals surface area contributed by atoms with E-state index >= 15 is 0 Å². The Labute approximate surface area is 366 Å². The summed E-state index contributed by atoms with van der Waals surface area (Å²) in [6.45, 7) is 4.80. The Morgan fingerprint density at radius 1 is 0.475 bits per heavy atom. The number of carbonyl (C=O) groups excluding carboxylic acids is 2. The van der Waals surface area contributed by atoms with Gasteiger partial charge < -0.3 is 20.3 Å². The molecule has 346 valence electrons. The first-order chi connectivity index (χ1) is 29.0. The van der Waals surface area contributed by atoms with Crippen LogP contribution in [-0.4, -0.2) is 47.4 Å². The molecule has 0 rings (SSSR count). The zero-order valence-electron chi connectivity index (χ0n) is 39.2. The maximum absolute atomic E-state index is 12.5. The highest BCUT2D eigenvalue weighted by Crippen LogP contribution is 2.16. The van der Waals surface area contributed by atoms with Crippen molar-refractivity contribution in [3.63, 3.8) is 0 Å². The second-order valence-corrected chi connectivity index (χ2v) is 17.5. The standard InChI is InChI=1S/C53H99NO5/c1-3-5-7-9-11-13-15-17-18-19-20-21-23-25-29-33-37-41-45-51(56)50(49-55)54-52(57)46-42-38-34-30-26-24-28-32-36-40-44-48-59-53(58)47-43-39-35-31-27-22-16-14-12-10-8-6-4-2/h8,10,14,16,28,32,50-51,55-56H,3-7,9,11-13,15,17-27,29-31,33-49H2,1-2H3,(H,54,57)/b10-8-,16-14-,32-28-. The van der Waals surface area contributed by atoms with Crippen molar-refractivity contribution in [3.8, 4) is 0 Å². The van der Waals surface area contributed by atoms with Crippen molar-refractivity contribution in [3.05, 3.63) is 36.5 Å². The first kappa shape index (κ1) is 57.1. The van der Waals surface area contributed by atoms with Crippen LogP contribution in [0.2, 0.25) is 0 Å². The number of hydrogen-bond donors (Lipinski definition) is 3. The summed E-state index contributed by atoms with van der Waals surface area (Å²) in [4.78, 5) is 24.4. The predicted octanol–water partition coefficient (Wildman–Crippen LogP) is 15.3. The average Bonchev–Trinajstić information content (AvgIpc) is 3.24. The summed E-state index contributed by atoms with van der Waals surface area (Å²) < 4.78 is 5.42. The lowest BCUT2D eigenvalue weighted by atomic mass is 10.0. The molecule has 1 amide bonds. The molecule has 0 aromatic rings. The summed E-state index contributed by atoms with van der Waals surface area (Å²) in [5, 5.41) is 23.2. The van der Waals surface area contributed by atoms with E-state index in [2.05, 4.69) is 55.6 Å². The number of aliphatic hydroxyl groups excluding tert-OH is 2. The maximum atomic E-state index is 12.5. The third-order valence-corrected chi connectivity index (χ3v) is 11.6. The molecule has 0 heterocycles. The van der Waals surface area contributed by atoms with Gasteiger partial charge in [-0.05, 0) is 77.0 Å². The molecule has 0 aromatic heterocycles. The number of allylic oxidation sites excluding steroid dienone is 6. The van der Waals surface area contributed by atoms with Gasteiger partial charge in [-0.2, -0.15) is 0 Å². The average molecular weight is 830 g/mol. The Morgan fingerprint density at radius 2 is 0.881 bits per heavy atom. The lowest BCUT2D eigenvalue weighted by Gasteiger charge is -2.22. The van der Waals surface area contributed by atoms with Gasteiger partial charge in [0.2, 0.25) is 5.91 Å². The van der Waals surface area contributed by atoms with E-state index in [1.807, 2.05) is 0 Å². The monoisotopic (exact) mass is 830 g/mol. The molecule has 0 aliphatic carbocycles. The number of carbonyl (C=O) groups is 2. The molecular weight excluding hydrogens is 731 g/mol. The zero-order valence-corrected chi connectivity index (χ0v) is 39.2. The topological polar surface area (TPSA) is 95.9 Å². The van der Waals surface area contributed by atoms with E-state index in [0.717, 1.165) is 96.3 Å². The molecule has 2 unspecified atom stereocenters. The van der Waals surface area contributed by atoms with Gasteiger partial charge in [0.15, 0.2) is 0 Å². The highest BCUT2D eigenvalue weighted by Gasteiger charge is 2.20. The van der Waals surface area contributed by atoms with Crippen molar-refractivity contribution in [2.24, 2.45) is 0 Å². The third kappa shape index (κ3) is 45.4. The van der Waals surface area contributed by atoms with Crippen LogP contribution >= 0.6 is 0 Å². The van der Waals surface area contributed by atoms with Gasteiger partial charge >= 0.3 is 5.97 Å². The molecule has 0 aliphatic rings. The Morgan fingerprint density at radius 3 is 1.37 bits per heavy atom. The Hall–Kier alpha value is -1.92. The summed E-state index contributed by atoms with van der Waals surface area (Å²) >= 11 is 0. The minimum atomic E-state index is -0.684. The summed E-state index contributed by atoms with van der Waals surface area (Å²) in [6.07, 6.45) is 58.3. The van der Waals surface area contributed by atoms with Gasteiger partial charge in [-0.1, -0.05) is 211 Å². The maximum Gasteiger partial charge on any atom is 0.305 e. The van der Waals surface area contributed by atoms with Gasteiger partial charge in [-0.15, -0.1) is 0 Å². The Bertz CT molecular complexity index is 962. The third-order valence-electron chi connectivity index (χ3n) is 11.6. The number of aliphatic hydroxyl groups is 2. The largest absolute Gasteiger partial charge is 0.466 e. The smallest absolute Gasteiger partial charge is 0.305 e. The van der Waals surface area contributed by atoms with Crippen LogP contribution in [0.1, 0.15) is 264 Å². The van der Waals surface area contributed by atoms with Crippen molar-refractivity contribution in [2.75, 3.05) is 13.2 Å². The van der Waals surface area contributed by atoms with E-state index < -0.39 is 12.1 Å². The second kappa shape index (κ2) is 48.7. The molecule has 3 N–H and O–H groups in total. The van der Waals surface area contributed by atoms with E-state index in [0.29, 0.717) is 25.9 Å². The molecule has 0 aromatic carbocycles. The van der Waals surface area contributed by atoms with E-state index in [1.54, 1.807) is 0 Å². The van der Waals surface area contributed by atoms with Crippen LogP contribution in [0.5, 0.6) is 0 Å². The van der Waals surface area contributed by atoms with Gasteiger partial charge in [-0.3, -0.25) is 9.59 Å². The summed E-state index contributed by atoms with van der Waals surface area (Å²) in [5.41, 5.74) is 0. The molecule has 0 aliphatic heterocycles. The summed E-state index contributed by atoms with van der Waals surface area (Å²) in [6, 6.07) is -0.564. The minimum absolute atomic E-state index is 0.0467. The van der Waals surface area contributed by atoms with Crippen LogP contribution < -0.4 is 5.32 Å². The van der Waals surface area contributed by atoms with Gasteiger partial charge in [0.05, 0.1) is 25.4 Å². The van der Waals surface area contributed by atoms with Gasteiger partial charge in [-0.25, -0.2) is 0 Å². The van der Waals surface area contributed by atoms with Crippen LogP contribution in [0, 0.1) is 0 Å². The fraction of sp³-hybridized carbons (Fsp3) is 0.849. The molecule has 0 saturated carbocycles. The molecule has 59 heavy (non-hydrogen) atoms. The van der Waals surface area contributed by atoms with Gasteiger partial charge in [0, 0.05) is 12.8 Å². The molecule has 0 fully saturated rings. The van der Waals surface area contributed by atoms with Crippen molar-refractivity contribution < 1.29 is 24.5 Å². The number of nitrogens with one attached hydrogen (secondary N) is 1. The van der Waals surface area contributed by atoms with Crippen molar-refractivity contribution in [2.45, 2.75) is 276 Å². The van der Waals surface area contributed by atoms with Crippen LogP contribution in [0.15, 0.2) is 36.5 Å². The number of ether oxygens (including phenoxy) is 1. The highest BCUT2D eigenvalue weighted by atomic mass is 16.5. The van der Waals surface area contributed by atoms with E-state index in [-0.39, 0.29) is 18.5 Å². The summed E-state index contributed by atoms with van der Waals surface area (Å²) in [7, 11) is 0. The first-order valence-corrected chi connectivity index (χ1v) is 25.7. The Balaban J connectivity index is 3.54. The minimum Gasteiger partial charge on any atom is -0.466 e. The van der Waals surface area contributed by atoms with Crippen LogP contribution in [-0.2, 0) is 14.3 Å². The molecule has 2 atom stereocenters. The second-order valence-electron chi connectivity index (χ2n) is 17.5. The number of rotatable bonds is 47. The number of hydrogen-bond acceptors (Lipinski definition) is 5. The highest BCUT2D eigenvalue weighted by molar-refractivity contribution is 5.76.